The lowest BCUT2D eigenvalue weighted by atomic mass is 10.1. The Hall–Kier alpha value is -1.15. The highest BCUT2D eigenvalue weighted by atomic mass is 19.1. The highest BCUT2D eigenvalue weighted by molar-refractivity contribution is 5.54. The van der Waals surface area contributed by atoms with Crippen LogP contribution in [0.1, 0.15) is 18.1 Å². The number of nitrogens with two attached hydrogens (primary N) is 1. The lowest BCUT2D eigenvalue weighted by Crippen LogP contribution is -2.10. The Morgan fingerprint density at radius 1 is 1.46 bits per heavy atom. The van der Waals surface area contributed by atoms with Crippen LogP contribution in [0.25, 0.3) is 6.08 Å². The minimum Gasteiger partial charge on any atom is -0.325 e. The van der Waals surface area contributed by atoms with Crippen molar-refractivity contribution in [3.8, 4) is 0 Å². The molecular weight excluding hydrogens is 165 g/mol. The number of benzene rings is 1. The Morgan fingerprint density at radius 3 is 2.69 bits per heavy atom. The largest absolute Gasteiger partial charge is 0.325 e. The Labute approximate surface area is 78.1 Å². The summed E-state index contributed by atoms with van der Waals surface area (Å²) >= 11 is 0. The van der Waals surface area contributed by atoms with Gasteiger partial charge in [0.1, 0.15) is 5.82 Å². The van der Waals surface area contributed by atoms with E-state index in [0.717, 1.165) is 5.56 Å². The van der Waals surface area contributed by atoms with Gasteiger partial charge in [-0.1, -0.05) is 24.3 Å². The van der Waals surface area contributed by atoms with Crippen molar-refractivity contribution >= 4 is 6.08 Å². The molecule has 2 N–H and O–H groups in total. The van der Waals surface area contributed by atoms with Crippen LogP contribution in [0.4, 0.5) is 4.39 Å². The smallest absolute Gasteiger partial charge is 0.130 e. The summed E-state index contributed by atoms with van der Waals surface area (Å²) in [5.74, 6) is -0.197. The molecule has 0 aromatic heterocycles. The molecule has 1 aromatic rings. The van der Waals surface area contributed by atoms with Crippen molar-refractivity contribution in [2.75, 3.05) is 0 Å². The second-order valence-electron chi connectivity index (χ2n) is 3.19. The first-order chi connectivity index (χ1) is 6.11. The summed E-state index contributed by atoms with van der Waals surface area (Å²) < 4.78 is 13.2. The van der Waals surface area contributed by atoms with Crippen molar-refractivity contribution in [3.63, 3.8) is 0 Å². The van der Waals surface area contributed by atoms with Crippen molar-refractivity contribution in [1.29, 1.82) is 0 Å². The van der Waals surface area contributed by atoms with E-state index >= 15 is 0 Å². The molecular formula is C11H14FN. The number of halogens is 1. The zero-order chi connectivity index (χ0) is 9.84. The molecule has 0 heterocycles. The lowest BCUT2D eigenvalue weighted by Gasteiger charge is -2.02. The van der Waals surface area contributed by atoms with Crippen LogP contribution in [0.15, 0.2) is 24.3 Å². The quantitative estimate of drug-likeness (QED) is 0.741. The predicted molar refractivity (Wildman–Crippen MR) is 53.8 cm³/mol. The molecule has 0 saturated heterocycles. The van der Waals surface area contributed by atoms with E-state index in [1.807, 2.05) is 19.9 Å². The Balaban J connectivity index is 3.00. The first kappa shape index (κ1) is 9.93. The van der Waals surface area contributed by atoms with Gasteiger partial charge in [0.15, 0.2) is 0 Å². The summed E-state index contributed by atoms with van der Waals surface area (Å²) in [5.41, 5.74) is 7.08. The SMILES string of the molecule is Cc1cccc(F)c1/C=C/C(C)N. The van der Waals surface area contributed by atoms with E-state index in [1.165, 1.54) is 6.07 Å². The standard InChI is InChI=1S/C11H14FN/c1-8-4-3-5-11(12)10(8)7-6-9(2)13/h3-7,9H,13H2,1-2H3/b7-6+. The van der Waals surface area contributed by atoms with Crippen LogP contribution in [0.3, 0.4) is 0 Å². The van der Waals surface area contributed by atoms with Gasteiger partial charge in [0.2, 0.25) is 0 Å². The molecule has 2 heteroatoms. The van der Waals surface area contributed by atoms with Crippen LogP contribution in [0.5, 0.6) is 0 Å². The van der Waals surface area contributed by atoms with Crippen LogP contribution in [0, 0.1) is 12.7 Å². The zero-order valence-electron chi connectivity index (χ0n) is 7.92. The topological polar surface area (TPSA) is 26.0 Å². The summed E-state index contributed by atoms with van der Waals surface area (Å²) in [5, 5.41) is 0. The van der Waals surface area contributed by atoms with E-state index in [-0.39, 0.29) is 11.9 Å². The predicted octanol–water partition coefficient (Wildman–Crippen LogP) is 2.49. The first-order valence-corrected chi connectivity index (χ1v) is 4.30. The normalized spacial score (nSPS) is 13.5. The maximum Gasteiger partial charge on any atom is 0.130 e. The molecule has 1 unspecified atom stereocenters. The van der Waals surface area contributed by atoms with Gasteiger partial charge in [0.05, 0.1) is 0 Å². The average Bonchev–Trinajstić information content (AvgIpc) is 2.03. The van der Waals surface area contributed by atoms with Gasteiger partial charge in [-0.15, -0.1) is 0 Å². The molecule has 1 rings (SSSR count). The summed E-state index contributed by atoms with van der Waals surface area (Å²) in [7, 11) is 0. The first-order valence-electron chi connectivity index (χ1n) is 4.30. The number of aryl methyl sites for hydroxylation is 1. The van der Waals surface area contributed by atoms with E-state index in [4.69, 9.17) is 5.73 Å². The van der Waals surface area contributed by atoms with Gasteiger partial charge in [-0.05, 0) is 25.5 Å². The maximum absolute atomic E-state index is 13.2. The number of hydrogen-bond donors (Lipinski definition) is 1. The van der Waals surface area contributed by atoms with Gasteiger partial charge in [0, 0.05) is 11.6 Å². The molecule has 13 heavy (non-hydrogen) atoms. The third kappa shape index (κ3) is 2.67. The van der Waals surface area contributed by atoms with Crippen LogP contribution < -0.4 is 5.73 Å². The van der Waals surface area contributed by atoms with Gasteiger partial charge in [-0.2, -0.15) is 0 Å². The Kier molecular flexibility index (Phi) is 3.20. The summed E-state index contributed by atoms with van der Waals surface area (Å²) in [6.07, 6.45) is 3.51. The highest BCUT2D eigenvalue weighted by Gasteiger charge is 2.00. The molecule has 70 valence electrons. The van der Waals surface area contributed by atoms with E-state index in [2.05, 4.69) is 0 Å². The number of hydrogen-bond acceptors (Lipinski definition) is 1. The third-order valence-corrected chi connectivity index (χ3v) is 1.84. The molecule has 0 aliphatic rings. The Bertz CT molecular complexity index is 296. The molecule has 0 radical (unpaired) electrons. The molecule has 0 bridgehead atoms. The van der Waals surface area contributed by atoms with E-state index in [9.17, 15) is 4.39 Å². The van der Waals surface area contributed by atoms with Gasteiger partial charge < -0.3 is 5.73 Å². The molecule has 1 atom stereocenters. The van der Waals surface area contributed by atoms with Crippen molar-refractivity contribution in [3.05, 3.63) is 41.2 Å². The molecule has 0 saturated carbocycles. The molecule has 0 amide bonds. The second-order valence-corrected chi connectivity index (χ2v) is 3.19. The number of rotatable bonds is 2. The van der Waals surface area contributed by atoms with E-state index in [1.54, 1.807) is 18.2 Å². The van der Waals surface area contributed by atoms with Crippen LogP contribution >= 0.6 is 0 Å². The second kappa shape index (κ2) is 4.19. The van der Waals surface area contributed by atoms with Crippen LogP contribution in [-0.4, -0.2) is 6.04 Å². The minimum atomic E-state index is -0.197. The highest BCUT2D eigenvalue weighted by Crippen LogP contribution is 2.14. The molecule has 0 aliphatic carbocycles. The van der Waals surface area contributed by atoms with Crippen molar-refractivity contribution in [1.82, 2.24) is 0 Å². The van der Waals surface area contributed by atoms with E-state index in [0.29, 0.717) is 5.56 Å². The van der Waals surface area contributed by atoms with Crippen molar-refractivity contribution in [2.24, 2.45) is 5.73 Å². The molecule has 0 aliphatic heterocycles. The van der Waals surface area contributed by atoms with Crippen molar-refractivity contribution < 1.29 is 4.39 Å². The monoisotopic (exact) mass is 179 g/mol. The fraction of sp³-hybridized carbons (Fsp3) is 0.273. The third-order valence-electron chi connectivity index (χ3n) is 1.84. The van der Waals surface area contributed by atoms with Gasteiger partial charge >= 0.3 is 0 Å². The molecule has 1 aromatic carbocycles. The van der Waals surface area contributed by atoms with Gasteiger partial charge in [-0.25, -0.2) is 4.39 Å². The summed E-state index contributed by atoms with van der Waals surface area (Å²) in [6.45, 7) is 3.73. The van der Waals surface area contributed by atoms with Crippen molar-refractivity contribution in [2.45, 2.75) is 19.9 Å². The molecule has 1 nitrogen and oxygen atoms in total. The Morgan fingerprint density at radius 2 is 2.15 bits per heavy atom. The van der Waals surface area contributed by atoms with Gasteiger partial charge in [0.25, 0.3) is 0 Å². The summed E-state index contributed by atoms with van der Waals surface area (Å²) in [6, 6.07) is 4.99. The van der Waals surface area contributed by atoms with Gasteiger partial charge in [-0.3, -0.25) is 0 Å². The fourth-order valence-corrected chi connectivity index (χ4v) is 1.10. The zero-order valence-corrected chi connectivity index (χ0v) is 7.92. The van der Waals surface area contributed by atoms with E-state index < -0.39 is 0 Å². The minimum absolute atomic E-state index is 0.0426. The average molecular weight is 179 g/mol. The molecule has 0 fully saturated rings. The fourth-order valence-electron chi connectivity index (χ4n) is 1.10. The molecule has 0 spiro atoms. The van der Waals surface area contributed by atoms with Crippen LogP contribution in [-0.2, 0) is 0 Å². The summed E-state index contributed by atoms with van der Waals surface area (Å²) in [4.78, 5) is 0. The van der Waals surface area contributed by atoms with Crippen LogP contribution in [0.2, 0.25) is 0 Å². The maximum atomic E-state index is 13.2. The lowest BCUT2D eigenvalue weighted by molar-refractivity contribution is 0.623.